The molecule has 1 aliphatic rings. The fraction of sp³-hybridized carbons (Fsp3) is 0.571. The monoisotopic (exact) mass is 297 g/mol. The summed E-state index contributed by atoms with van der Waals surface area (Å²) in [5.41, 5.74) is 0.510. The number of aromatic nitrogens is 1. The zero-order valence-corrected chi connectivity index (χ0v) is 12.6. The number of carbonyl (C=O) groups is 1. The second-order valence-electron chi connectivity index (χ2n) is 4.94. The van der Waals surface area contributed by atoms with Crippen molar-refractivity contribution in [1.82, 2.24) is 9.88 Å². The van der Waals surface area contributed by atoms with Crippen LogP contribution in [-0.2, 0) is 4.74 Å². The van der Waals surface area contributed by atoms with Crippen LogP contribution in [-0.4, -0.2) is 49.1 Å². The van der Waals surface area contributed by atoms with Crippen LogP contribution in [0.2, 0.25) is 5.02 Å². The van der Waals surface area contributed by atoms with Crippen LogP contribution in [0.5, 0.6) is 0 Å². The zero-order chi connectivity index (χ0) is 14.5. The van der Waals surface area contributed by atoms with Gasteiger partial charge in [-0.2, -0.15) is 0 Å². The zero-order valence-electron chi connectivity index (χ0n) is 11.9. The van der Waals surface area contributed by atoms with Crippen molar-refractivity contribution in [3.8, 4) is 0 Å². The second kappa shape index (κ2) is 6.90. The van der Waals surface area contributed by atoms with E-state index < -0.39 is 0 Å². The number of carbonyl (C=O) groups excluding carboxylic acids is 1. The van der Waals surface area contributed by atoms with Gasteiger partial charge in [0, 0.05) is 38.9 Å². The molecule has 1 amide bonds. The fourth-order valence-electron chi connectivity index (χ4n) is 2.44. The third-order valence-electron chi connectivity index (χ3n) is 3.42. The highest BCUT2D eigenvalue weighted by molar-refractivity contribution is 6.33. The Balaban J connectivity index is 2.11. The summed E-state index contributed by atoms with van der Waals surface area (Å²) in [5.74, 6) is 1.06. The SMILES string of the molecule is CCNc1cc(C(=O)N2CCC(COC)C2)c(Cl)cn1. The standard InChI is InChI=1S/C14H20ClN3O2/c1-3-16-13-6-11(12(15)7-17-13)14(19)18-5-4-10(8-18)9-20-2/h6-7,10H,3-5,8-9H2,1-2H3,(H,16,17). The van der Waals surface area contributed by atoms with E-state index in [4.69, 9.17) is 16.3 Å². The minimum Gasteiger partial charge on any atom is -0.384 e. The van der Waals surface area contributed by atoms with Gasteiger partial charge in [-0.15, -0.1) is 0 Å². The normalized spacial score (nSPS) is 18.4. The summed E-state index contributed by atoms with van der Waals surface area (Å²) in [6.07, 6.45) is 2.50. The highest BCUT2D eigenvalue weighted by Gasteiger charge is 2.28. The number of anilines is 1. The molecule has 1 saturated heterocycles. The van der Waals surface area contributed by atoms with Gasteiger partial charge in [-0.3, -0.25) is 4.79 Å². The van der Waals surface area contributed by atoms with Crippen molar-refractivity contribution in [2.75, 3.05) is 38.7 Å². The van der Waals surface area contributed by atoms with Gasteiger partial charge < -0.3 is 15.0 Å². The highest BCUT2D eigenvalue weighted by Crippen LogP contribution is 2.24. The maximum absolute atomic E-state index is 12.5. The summed E-state index contributed by atoms with van der Waals surface area (Å²) >= 11 is 6.10. The Hall–Kier alpha value is -1.33. The quantitative estimate of drug-likeness (QED) is 0.906. The van der Waals surface area contributed by atoms with E-state index >= 15 is 0 Å². The molecule has 110 valence electrons. The first-order chi connectivity index (χ1) is 9.65. The van der Waals surface area contributed by atoms with Crippen molar-refractivity contribution in [3.63, 3.8) is 0 Å². The number of ether oxygens (including phenoxy) is 1. The molecule has 0 radical (unpaired) electrons. The molecule has 5 nitrogen and oxygen atoms in total. The number of methoxy groups -OCH3 is 1. The molecule has 0 aliphatic carbocycles. The molecular formula is C14H20ClN3O2. The van der Waals surface area contributed by atoms with Gasteiger partial charge in [-0.1, -0.05) is 11.6 Å². The van der Waals surface area contributed by atoms with Crippen molar-refractivity contribution < 1.29 is 9.53 Å². The van der Waals surface area contributed by atoms with Gasteiger partial charge in [0.15, 0.2) is 0 Å². The molecule has 2 heterocycles. The van der Waals surface area contributed by atoms with Gasteiger partial charge in [0.05, 0.1) is 17.2 Å². The molecule has 1 fully saturated rings. The fourth-order valence-corrected chi connectivity index (χ4v) is 2.62. The lowest BCUT2D eigenvalue weighted by atomic mass is 10.1. The Morgan fingerprint density at radius 1 is 1.65 bits per heavy atom. The van der Waals surface area contributed by atoms with Gasteiger partial charge in [0.25, 0.3) is 5.91 Å². The Kier molecular flexibility index (Phi) is 5.20. The molecule has 0 spiro atoms. The third-order valence-corrected chi connectivity index (χ3v) is 3.72. The average Bonchev–Trinajstić information content (AvgIpc) is 2.89. The van der Waals surface area contributed by atoms with Crippen LogP contribution in [0.25, 0.3) is 0 Å². The maximum Gasteiger partial charge on any atom is 0.255 e. The number of nitrogens with one attached hydrogen (secondary N) is 1. The van der Waals surface area contributed by atoms with Gasteiger partial charge in [0.2, 0.25) is 0 Å². The number of nitrogens with zero attached hydrogens (tertiary/aromatic N) is 2. The average molecular weight is 298 g/mol. The van der Waals surface area contributed by atoms with Crippen molar-refractivity contribution in [2.45, 2.75) is 13.3 Å². The number of amides is 1. The summed E-state index contributed by atoms with van der Waals surface area (Å²) in [7, 11) is 1.69. The van der Waals surface area contributed by atoms with Gasteiger partial charge in [-0.05, 0) is 19.4 Å². The van der Waals surface area contributed by atoms with Crippen molar-refractivity contribution in [1.29, 1.82) is 0 Å². The molecule has 0 saturated carbocycles. The number of rotatable bonds is 5. The number of likely N-dealkylation sites (tertiary alicyclic amines) is 1. The maximum atomic E-state index is 12.5. The topological polar surface area (TPSA) is 54.5 Å². The molecule has 20 heavy (non-hydrogen) atoms. The summed E-state index contributed by atoms with van der Waals surface area (Å²) < 4.78 is 5.15. The number of halogens is 1. The van der Waals surface area contributed by atoms with E-state index in [-0.39, 0.29) is 5.91 Å². The lowest BCUT2D eigenvalue weighted by molar-refractivity contribution is 0.0775. The Labute approximate surface area is 124 Å². The summed E-state index contributed by atoms with van der Waals surface area (Å²) in [6, 6.07) is 1.72. The van der Waals surface area contributed by atoms with E-state index in [2.05, 4.69) is 10.3 Å². The molecule has 1 N–H and O–H groups in total. The van der Waals surface area contributed by atoms with Crippen molar-refractivity contribution in [2.24, 2.45) is 5.92 Å². The Morgan fingerprint density at radius 3 is 3.15 bits per heavy atom. The molecule has 1 aromatic heterocycles. The predicted molar refractivity (Wildman–Crippen MR) is 79.3 cm³/mol. The molecule has 6 heteroatoms. The van der Waals surface area contributed by atoms with E-state index in [1.165, 1.54) is 6.20 Å². The molecule has 1 atom stereocenters. The molecule has 1 unspecified atom stereocenters. The first-order valence-corrected chi connectivity index (χ1v) is 7.21. The number of hydrogen-bond acceptors (Lipinski definition) is 4. The number of pyridine rings is 1. The van der Waals surface area contributed by atoms with Crippen molar-refractivity contribution >= 4 is 23.3 Å². The van der Waals surface area contributed by atoms with E-state index in [1.807, 2.05) is 11.8 Å². The van der Waals surface area contributed by atoms with Gasteiger partial charge >= 0.3 is 0 Å². The van der Waals surface area contributed by atoms with E-state index in [0.717, 1.165) is 26.1 Å². The molecule has 2 rings (SSSR count). The van der Waals surface area contributed by atoms with Crippen molar-refractivity contribution in [3.05, 3.63) is 22.8 Å². The molecule has 0 bridgehead atoms. The van der Waals surface area contributed by atoms with E-state index in [1.54, 1.807) is 13.2 Å². The highest BCUT2D eigenvalue weighted by atomic mass is 35.5. The Morgan fingerprint density at radius 2 is 2.45 bits per heavy atom. The van der Waals surface area contributed by atoms with E-state index in [0.29, 0.717) is 28.9 Å². The predicted octanol–water partition coefficient (Wildman–Crippen LogP) is 2.28. The van der Waals surface area contributed by atoms with Crippen LogP contribution >= 0.6 is 11.6 Å². The molecular weight excluding hydrogens is 278 g/mol. The Bertz CT molecular complexity index is 481. The van der Waals surface area contributed by atoms with Crippen LogP contribution in [0.1, 0.15) is 23.7 Å². The molecule has 0 aromatic carbocycles. The lowest BCUT2D eigenvalue weighted by Crippen LogP contribution is -2.29. The third kappa shape index (κ3) is 3.41. The summed E-state index contributed by atoms with van der Waals surface area (Å²) in [6.45, 7) is 4.90. The minimum absolute atomic E-state index is 0.0323. The molecule has 1 aromatic rings. The van der Waals surface area contributed by atoms with E-state index in [9.17, 15) is 4.79 Å². The minimum atomic E-state index is -0.0323. The summed E-state index contributed by atoms with van der Waals surface area (Å²) in [4.78, 5) is 18.5. The van der Waals surface area contributed by atoms with Crippen LogP contribution < -0.4 is 5.32 Å². The number of hydrogen-bond donors (Lipinski definition) is 1. The van der Waals surface area contributed by atoms with Crippen LogP contribution in [0, 0.1) is 5.92 Å². The van der Waals surface area contributed by atoms with Gasteiger partial charge in [-0.25, -0.2) is 4.98 Å². The smallest absolute Gasteiger partial charge is 0.255 e. The van der Waals surface area contributed by atoms with Crippen LogP contribution in [0.15, 0.2) is 12.3 Å². The second-order valence-corrected chi connectivity index (χ2v) is 5.35. The van der Waals surface area contributed by atoms with Crippen LogP contribution in [0.3, 0.4) is 0 Å². The first-order valence-electron chi connectivity index (χ1n) is 6.83. The lowest BCUT2D eigenvalue weighted by Gasteiger charge is -2.17. The van der Waals surface area contributed by atoms with Gasteiger partial charge in [0.1, 0.15) is 5.82 Å². The van der Waals surface area contributed by atoms with Crippen LogP contribution in [0.4, 0.5) is 5.82 Å². The summed E-state index contributed by atoms with van der Waals surface area (Å²) in [5, 5.41) is 3.48. The largest absolute Gasteiger partial charge is 0.384 e. The first kappa shape index (κ1) is 15.1. The molecule has 1 aliphatic heterocycles.